The minimum Gasteiger partial charge on any atom is -0.475 e. The van der Waals surface area contributed by atoms with Crippen LogP contribution in [-0.2, 0) is 20.9 Å². The van der Waals surface area contributed by atoms with E-state index in [1.165, 1.54) is 0 Å². The number of carbonyl (C=O) groups excluding carboxylic acids is 1. The number of halogens is 3. The Hall–Kier alpha value is -3.03. The van der Waals surface area contributed by atoms with Crippen molar-refractivity contribution in [3.05, 3.63) is 66.2 Å². The zero-order chi connectivity index (χ0) is 19.6. The largest absolute Gasteiger partial charge is 0.490 e. The lowest BCUT2D eigenvalue weighted by Crippen LogP contribution is -2.28. The fourth-order valence-electron chi connectivity index (χ4n) is 1.70. The summed E-state index contributed by atoms with van der Waals surface area (Å²) in [4.78, 5) is 20.7. The predicted molar refractivity (Wildman–Crippen MR) is 89.5 cm³/mol. The van der Waals surface area contributed by atoms with E-state index in [9.17, 15) is 18.0 Å². The van der Waals surface area contributed by atoms with Crippen molar-refractivity contribution in [2.45, 2.75) is 25.7 Å². The standard InChI is InChI=1S/C16H17NO2.C2HF3O2/c1-13(17-15-10-6-3-7-11-15)16(18)19-12-14-8-4-2-5-9-14;3-2(4,5)1(6)7/h2-11,13,17H,12H2,1H3;(H,6,7). The van der Waals surface area contributed by atoms with Gasteiger partial charge in [-0.25, -0.2) is 9.59 Å². The first-order valence-electron chi connectivity index (χ1n) is 7.52. The molecule has 0 bridgehead atoms. The minimum atomic E-state index is -5.08. The Labute approximate surface area is 148 Å². The summed E-state index contributed by atoms with van der Waals surface area (Å²) in [6.07, 6.45) is -5.08. The number of alkyl halides is 3. The highest BCUT2D eigenvalue weighted by molar-refractivity contribution is 5.78. The van der Waals surface area contributed by atoms with Gasteiger partial charge in [0, 0.05) is 5.69 Å². The molecule has 140 valence electrons. The van der Waals surface area contributed by atoms with Gasteiger partial charge < -0.3 is 15.2 Å². The van der Waals surface area contributed by atoms with E-state index in [-0.39, 0.29) is 12.0 Å². The van der Waals surface area contributed by atoms with Gasteiger partial charge in [-0.05, 0) is 24.6 Å². The second-order valence-electron chi connectivity index (χ2n) is 5.13. The fraction of sp³-hybridized carbons (Fsp3) is 0.222. The van der Waals surface area contributed by atoms with E-state index in [0.29, 0.717) is 6.61 Å². The van der Waals surface area contributed by atoms with Crippen LogP contribution in [-0.4, -0.2) is 29.3 Å². The molecule has 2 aromatic rings. The molecule has 8 heteroatoms. The first-order chi connectivity index (χ1) is 12.2. The highest BCUT2D eigenvalue weighted by atomic mass is 19.4. The molecule has 1 atom stereocenters. The fourth-order valence-corrected chi connectivity index (χ4v) is 1.70. The van der Waals surface area contributed by atoms with Crippen molar-refractivity contribution in [3.63, 3.8) is 0 Å². The number of hydrogen-bond acceptors (Lipinski definition) is 4. The van der Waals surface area contributed by atoms with Crippen LogP contribution in [0.25, 0.3) is 0 Å². The van der Waals surface area contributed by atoms with Crippen LogP contribution < -0.4 is 5.32 Å². The van der Waals surface area contributed by atoms with E-state index in [0.717, 1.165) is 11.3 Å². The van der Waals surface area contributed by atoms with Gasteiger partial charge in [-0.2, -0.15) is 13.2 Å². The van der Waals surface area contributed by atoms with Crippen molar-refractivity contribution in [2.75, 3.05) is 5.32 Å². The molecule has 0 heterocycles. The Morgan fingerprint density at radius 2 is 1.50 bits per heavy atom. The van der Waals surface area contributed by atoms with Crippen molar-refractivity contribution >= 4 is 17.6 Å². The number of carbonyl (C=O) groups is 2. The molecule has 0 fully saturated rings. The van der Waals surface area contributed by atoms with Gasteiger partial charge in [-0.1, -0.05) is 48.5 Å². The number of ether oxygens (including phenoxy) is 1. The highest BCUT2D eigenvalue weighted by Crippen LogP contribution is 2.13. The lowest BCUT2D eigenvalue weighted by atomic mass is 10.2. The number of rotatable bonds is 5. The number of aliphatic carboxylic acids is 1. The van der Waals surface area contributed by atoms with Gasteiger partial charge in [0.15, 0.2) is 0 Å². The van der Waals surface area contributed by atoms with Crippen molar-refractivity contribution < 1.29 is 32.6 Å². The second kappa shape index (κ2) is 10.1. The molecule has 0 aromatic heterocycles. The summed E-state index contributed by atoms with van der Waals surface area (Å²) in [6, 6.07) is 18.9. The van der Waals surface area contributed by atoms with Crippen LogP contribution in [0.2, 0.25) is 0 Å². The van der Waals surface area contributed by atoms with Crippen LogP contribution >= 0.6 is 0 Å². The minimum absolute atomic E-state index is 0.257. The summed E-state index contributed by atoms with van der Waals surface area (Å²) in [6.45, 7) is 2.10. The summed E-state index contributed by atoms with van der Waals surface area (Å²) < 4.78 is 37.0. The monoisotopic (exact) mass is 369 g/mol. The molecule has 5 nitrogen and oxygen atoms in total. The highest BCUT2D eigenvalue weighted by Gasteiger charge is 2.38. The third-order valence-corrected chi connectivity index (χ3v) is 2.98. The maximum atomic E-state index is 11.8. The molecule has 0 saturated heterocycles. The maximum Gasteiger partial charge on any atom is 0.490 e. The van der Waals surface area contributed by atoms with Gasteiger partial charge >= 0.3 is 18.1 Å². The lowest BCUT2D eigenvalue weighted by molar-refractivity contribution is -0.192. The molecule has 0 spiro atoms. The van der Waals surface area contributed by atoms with Gasteiger partial charge in [-0.3, -0.25) is 0 Å². The summed E-state index contributed by atoms with van der Waals surface area (Å²) in [7, 11) is 0. The number of benzene rings is 2. The molecule has 2 rings (SSSR count). The molecule has 0 radical (unpaired) electrons. The van der Waals surface area contributed by atoms with Crippen LogP contribution in [0.5, 0.6) is 0 Å². The summed E-state index contributed by atoms with van der Waals surface area (Å²) >= 11 is 0. The number of hydrogen-bond donors (Lipinski definition) is 2. The molecule has 0 aliphatic carbocycles. The number of carboxylic acid groups (broad SMARTS) is 1. The van der Waals surface area contributed by atoms with Crippen molar-refractivity contribution in [2.24, 2.45) is 0 Å². The van der Waals surface area contributed by atoms with Gasteiger partial charge in [0.2, 0.25) is 0 Å². The quantitative estimate of drug-likeness (QED) is 0.783. The van der Waals surface area contributed by atoms with E-state index < -0.39 is 12.1 Å². The predicted octanol–water partition coefficient (Wildman–Crippen LogP) is 3.86. The Balaban J connectivity index is 0.000000412. The van der Waals surface area contributed by atoms with Crippen LogP contribution in [0.3, 0.4) is 0 Å². The van der Waals surface area contributed by atoms with Gasteiger partial charge in [0.1, 0.15) is 12.6 Å². The van der Waals surface area contributed by atoms with Gasteiger partial charge in [0.05, 0.1) is 0 Å². The van der Waals surface area contributed by atoms with Crippen LogP contribution in [0.4, 0.5) is 18.9 Å². The van der Waals surface area contributed by atoms with E-state index in [4.69, 9.17) is 14.6 Å². The zero-order valence-electron chi connectivity index (χ0n) is 13.9. The van der Waals surface area contributed by atoms with Gasteiger partial charge in [-0.15, -0.1) is 0 Å². The van der Waals surface area contributed by atoms with Gasteiger partial charge in [0.25, 0.3) is 0 Å². The van der Waals surface area contributed by atoms with Crippen LogP contribution in [0.15, 0.2) is 60.7 Å². The second-order valence-corrected chi connectivity index (χ2v) is 5.13. The smallest absolute Gasteiger partial charge is 0.475 e. The lowest BCUT2D eigenvalue weighted by Gasteiger charge is -2.14. The first kappa shape index (κ1) is 21.0. The number of anilines is 1. The first-order valence-corrected chi connectivity index (χ1v) is 7.52. The van der Waals surface area contributed by atoms with E-state index in [2.05, 4.69) is 5.32 Å². The molecular formula is C18H18F3NO4. The third kappa shape index (κ3) is 8.18. The Bertz CT molecular complexity index is 691. The van der Waals surface area contributed by atoms with Crippen molar-refractivity contribution in [1.29, 1.82) is 0 Å². The molecular weight excluding hydrogens is 351 g/mol. The van der Waals surface area contributed by atoms with E-state index in [1.807, 2.05) is 60.7 Å². The summed E-state index contributed by atoms with van der Waals surface area (Å²) in [5.41, 5.74) is 1.90. The average molecular weight is 369 g/mol. The number of nitrogens with one attached hydrogen (secondary N) is 1. The Morgan fingerprint density at radius 3 is 1.96 bits per heavy atom. The third-order valence-electron chi connectivity index (χ3n) is 2.98. The topological polar surface area (TPSA) is 75.6 Å². The molecule has 0 saturated carbocycles. The van der Waals surface area contributed by atoms with Crippen molar-refractivity contribution in [1.82, 2.24) is 0 Å². The Morgan fingerprint density at radius 1 is 1.04 bits per heavy atom. The molecule has 26 heavy (non-hydrogen) atoms. The number of esters is 1. The summed E-state index contributed by atoms with van der Waals surface area (Å²) in [5.74, 6) is -3.01. The molecule has 1 unspecified atom stereocenters. The maximum absolute atomic E-state index is 11.8. The van der Waals surface area contributed by atoms with E-state index in [1.54, 1.807) is 6.92 Å². The zero-order valence-corrected chi connectivity index (χ0v) is 13.9. The molecule has 0 aliphatic heterocycles. The Kier molecular flexibility index (Phi) is 8.14. The normalized spacial score (nSPS) is 11.5. The number of para-hydroxylation sites is 1. The van der Waals surface area contributed by atoms with Crippen LogP contribution in [0.1, 0.15) is 12.5 Å². The molecule has 0 amide bonds. The summed E-state index contributed by atoms with van der Waals surface area (Å²) in [5, 5.41) is 10.2. The SMILES string of the molecule is CC(Nc1ccccc1)C(=O)OCc1ccccc1.O=C(O)C(F)(F)F. The molecule has 0 aliphatic rings. The van der Waals surface area contributed by atoms with Crippen molar-refractivity contribution in [3.8, 4) is 0 Å². The van der Waals surface area contributed by atoms with Crippen LogP contribution in [0, 0.1) is 0 Å². The number of carboxylic acids is 1. The molecule has 2 aromatic carbocycles. The van der Waals surface area contributed by atoms with E-state index >= 15 is 0 Å². The average Bonchev–Trinajstić information content (AvgIpc) is 2.61. The molecule has 2 N–H and O–H groups in total.